The number of carbonyl (C=O) groups excluding carboxylic acids is 1. The molecule has 1 aromatic carbocycles. The molecule has 0 saturated carbocycles. The number of likely N-dealkylation sites (tertiary alicyclic amines) is 1. The predicted octanol–water partition coefficient (Wildman–Crippen LogP) is 3.25. The fourth-order valence-electron chi connectivity index (χ4n) is 3.50. The number of amides is 1. The van der Waals surface area contributed by atoms with Crippen molar-refractivity contribution < 1.29 is 4.79 Å². The number of H-pyrrole nitrogens is 1. The lowest BCUT2D eigenvalue weighted by Crippen LogP contribution is -2.29. The van der Waals surface area contributed by atoms with Crippen molar-refractivity contribution in [3.8, 4) is 11.3 Å². The number of imidazole rings is 1. The second-order valence-electron chi connectivity index (χ2n) is 7.06. The van der Waals surface area contributed by atoms with E-state index in [2.05, 4.69) is 36.1 Å². The Morgan fingerprint density at radius 1 is 1.32 bits per heavy atom. The number of nitrogens with one attached hydrogen (secondary N) is 2. The lowest BCUT2D eigenvalue weighted by atomic mass is 9.96. The second kappa shape index (κ2) is 7.40. The maximum Gasteiger partial charge on any atom is 0.251 e. The van der Waals surface area contributed by atoms with Crippen LogP contribution >= 0.6 is 0 Å². The average molecular weight is 340 g/mol. The SMILES string of the molecule is CCNC(=O)c1ccc(C)c(-c2nc(C3CCN(C)CC3)[nH]c2C)c1. The van der Waals surface area contributed by atoms with Crippen LogP contribution in [0, 0.1) is 13.8 Å². The fourth-order valence-corrected chi connectivity index (χ4v) is 3.50. The molecule has 25 heavy (non-hydrogen) atoms. The lowest BCUT2D eigenvalue weighted by molar-refractivity contribution is 0.0956. The number of aryl methyl sites for hydroxylation is 2. The number of hydrogen-bond acceptors (Lipinski definition) is 3. The Balaban J connectivity index is 1.91. The maximum atomic E-state index is 12.2. The van der Waals surface area contributed by atoms with E-state index in [1.54, 1.807) is 0 Å². The van der Waals surface area contributed by atoms with E-state index in [-0.39, 0.29) is 5.91 Å². The smallest absolute Gasteiger partial charge is 0.251 e. The topological polar surface area (TPSA) is 61.0 Å². The van der Waals surface area contributed by atoms with E-state index in [0.717, 1.165) is 54.3 Å². The molecule has 2 N–H and O–H groups in total. The maximum absolute atomic E-state index is 12.2. The van der Waals surface area contributed by atoms with Gasteiger partial charge in [0.1, 0.15) is 5.82 Å². The van der Waals surface area contributed by atoms with E-state index in [1.807, 2.05) is 25.1 Å². The van der Waals surface area contributed by atoms with Gasteiger partial charge in [0.15, 0.2) is 0 Å². The van der Waals surface area contributed by atoms with Crippen LogP contribution in [-0.2, 0) is 0 Å². The van der Waals surface area contributed by atoms with Crippen LogP contribution in [0.5, 0.6) is 0 Å². The van der Waals surface area contributed by atoms with Crippen LogP contribution in [0.2, 0.25) is 0 Å². The summed E-state index contributed by atoms with van der Waals surface area (Å²) in [6.45, 7) is 8.93. The minimum Gasteiger partial charge on any atom is -0.352 e. The third kappa shape index (κ3) is 3.76. The van der Waals surface area contributed by atoms with Gasteiger partial charge in [-0.25, -0.2) is 4.98 Å². The number of rotatable bonds is 4. The molecule has 0 spiro atoms. The van der Waals surface area contributed by atoms with E-state index in [9.17, 15) is 4.79 Å². The number of aromatic amines is 1. The van der Waals surface area contributed by atoms with Crippen molar-refractivity contribution in [3.63, 3.8) is 0 Å². The molecule has 5 heteroatoms. The van der Waals surface area contributed by atoms with Crippen LogP contribution in [-0.4, -0.2) is 47.5 Å². The highest BCUT2D eigenvalue weighted by atomic mass is 16.1. The molecule has 1 aliphatic heterocycles. The van der Waals surface area contributed by atoms with Gasteiger partial charge in [0, 0.05) is 29.3 Å². The summed E-state index contributed by atoms with van der Waals surface area (Å²) in [5, 5.41) is 2.86. The molecular weight excluding hydrogens is 312 g/mol. The van der Waals surface area contributed by atoms with Gasteiger partial charge < -0.3 is 15.2 Å². The molecular formula is C20H28N4O. The highest BCUT2D eigenvalue weighted by Gasteiger charge is 2.23. The monoisotopic (exact) mass is 340 g/mol. The number of nitrogens with zero attached hydrogens (tertiary/aromatic N) is 2. The molecule has 0 radical (unpaired) electrons. The van der Waals surface area contributed by atoms with Gasteiger partial charge in [0.05, 0.1) is 5.69 Å². The molecule has 0 unspecified atom stereocenters. The van der Waals surface area contributed by atoms with Crippen molar-refractivity contribution in [2.45, 2.75) is 39.5 Å². The first-order valence-electron chi connectivity index (χ1n) is 9.13. The molecule has 1 saturated heterocycles. The van der Waals surface area contributed by atoms with Gasteiger partial charge in [0.2, 0.25) is 0 Å². The van der Waals surface area contributed by atoms with Crippen LogP contribution in [0.25, 0.3) is 11.3 Å². The van der Waals surface area contributed by atoms with E-state index in [0.29, 0.717) is 18.0 Å². The summed E-state index contributed by atoms with van der Waals surface area (Å²) >= 11 is 0. The zero-order chi connectivity index (χ0) is 18.0. The quantitative estimate of drug-likeness (QED) is 0.898. The molecule has 0 aliphatic carbocycles. The van der Waals surface area contributed by atoms with Crippen molar-refractivity contribution >= 4 is 5.91 Å². The molecule has 0 bridgehead atoms. The van der Waals surface area contributed by atoms with Gasteiger partial charge in [-0.2, -0.15) is 0 Å². The van der Waals surface area contributed by atoms with Gasteiger partial charge in [-0.15, -0.1) is 0 Å². The Hall–Kier alpha value is -2.14. The zero-order valence-electron chi connectivity index (χ0n) is 15.6. The third-order valence-corrected chi connectivity index (χ3v) is 5.10. The predicted molar refractivity (Wildman–Crippen MR) is 101 cm³/mol. The standard InChI is InChI=1S/C20H28N4O/c1-5-21-20(25)16-7-6-13(2)17(12-16)18-14(3)22-19(23-18)15-8-10-24(4)11-9-15/h6-7,12,15H,5,8-11H2,1-4H3,(H,21,25)(H,22,23). The van der Waals surface area contributed by atoms with E-state index >= 15 is 0 Å². The van der Waals surface area contributed by atoms with Crippen molar-refractivity contribution in [3.05, 3.63) is 40.8 Å². The molecule has 2 heterocycles. The van der Waals surface area contributed by atoms with Crippen LogP contribution in [0.3, 0.4) is 0 Å². The van der Waals surface area contributed by atoms with Crippen LogP contribution < -0.4 is 5.32 Å². The van der Waals surface area contributed by atoms with Gasteiger partial charge >= 0.3 is 0 Å². The third-order valence-electron chi connectivity index (χ3n) is 5.10. The summed E-state index contributed by atoms with van der Waals surface area (Å²) in [7, 11) is 2.17. The van der Waals surface area contributed by atoms with E-state index in [4.69, 9.17) is 4.98 Å². The summed E-state index contributed by atoms with van der Waals surface area (Å²) in [6, 6.07) is 5.84. The van der Waals surface area contributed by atoms with Gasteiger partial charge in [-0.1, -0.05) is 6.07 Å². The van der Waals surface area contributed by atoms with Crippen LogP contribution in [0.4, 0.5) is 0 Å². The number of carbonyl (C=O) groups is 1. The first-order valence-corrected chi connectivity index (χ1v) is 9.13. The minimum absolute atomic E-state index is 0.0347. The average Bonchev–Trinajstić information content (AvgIpc) is 2.98. The summed E-state index contributed by atoms with van der Waals surface area (Å²) in [5.41, 5.74) is 4.91. The van der Waals surface area contributed by atoms with Gasteiger partial charge in [-0.3, -0.25) is 4.79 Å². The second-order valence-corrected chi connectivity index (χ2v) is 7.06. The summed E-state index contributed by atoms with van der Waals surface area (Å²) in [5.74, 6) is 1.55. The van der Waals surface area contributed by atoms with Crippen LogP contribution in [0.15, 0.2) is 18.2 Å². The highest BCUT2D eigenvalue weighted by Crippen LogP contribution is 2.31. The van der Waals surface area contributed by atoms with E-state index in [1.165, 1.54) is 0 Å². The summed E-state index contributed by atoms with van der Waals surface area (Å²) < 4.78 is 0. The molecule has 1 amide bonds. The molecule has 0 atom stereocenters. The number of piperidine rings is 1. The van der Waals surface area contributed by atoms with Crippen molar-refractivity contribution in [2.75, 3.05) is 26.7 Å². The summed E-state index contributed by atoms with van der Waals surface area (Å²) in [4.78, 5) is 23.0. The van der Waals surface area contributed by atoms with Crippen molar-refractivity contribution in [1.82, 2.24) is 20.2 Å². The molecule has 1 aromatic heterocycles. The molecule has 5 nitrogen and oxygen atoms in total. The largest absolute Gasteiger partial charge is 0.352 e. The normalized spacial score (nSPS) is 16.2. The Kier molecular flexibility index (Phi) is 5.23. The molecule has 3 rings (SSSR count). The first kappa shape index (κ1) is 17.7. The Morgan fingerprint density at radius 2 is 2.04 bits per heavy atom. The molecule has 134 valence electrons. The zero-order valence-corrected chi connectivity index (χ0v) is 15.6. The molecule has 1 fully saturated rings. The molecule has 2 aromatic rings. The Labute approximate surface area is 149 Å². The van der Waals surface area contributed by atoms with Crippen LogP contribution in [0.1, 0.15) is 53.1 Å². The number of aromatic nitrogens is 2. The van der Waals surface area contributed by atoms with Gasteiger partial charge in [-0.05, 0) is 71.4 Å². The summed E-state index contributed by atoms with van der Waals surface area (Å²) in [6.07, 6.45) is 2.28. The number of benzene rings is 1. The van der Waals surface area contributed by atoms with Crippen molar-refractivity contribution in [1.29, 1.82) is 0 Å². The van der Waals surface area contributed by atoms with Gasteiger partial charge in [0.25, 0.3) is 5.91 Å². The Morgan fingerprint density at radius 3 is 2.72 bits per heavy atom. The highest BCUT2D eigenvalue weighted by molar-refractivity contribution is 5.95. The molecule has 1 aliphatic rings. The van der Waals surface area contributed by atoms with E-state index < -0.39 is 0 Å². The first-order chi connectivity index (χ1) is 12.0. The number of hydrogen-bond donors (Lipinski definition) is 2. The lowest BCUT2D eigenvalue weighted by Gasteiger charge is -2.27. The Bertz CT molecular complexity index is 757. The van der Waals surface area contributed by atoms with Crippen molar-refractivity contribution in [2.24, 2.45) is 0 Å². The minimum atomic E-state index is -0.0347. The fraction of sp³-hybridized carbons (Fsp3) is 0.500.